The van der Waals surface area contributed by atoms with Crippen molar-refractivity contribution in [1.29, 1.82) is 0 Å². The minimum absolute atomic E-state index is 0.107. The van der Waals surface area contributed by atoms with Crippen molar-refractivity contribution in [2.45, 2.75) is 12.8 Å². The smallest absolute Gasteiger partial charge is 0.243 e. The van der Waals surface area contributed by atoms with Crippen molar-refractivity contribution in [1.82, 2.24) is 19.5 Å². The molecule has 0 unspecified atom stereocenters. The van der Waals surface area contributed by atoms with Crippen molar-refractivity contribution in [3.63, 3.8) is 0 Å². The molecule has 0 spiro atoms. The van der Waals surface area contributed by atoms with Crippen LogP contribution in [0.4, 0.5) is 5.95 Å². The number of carbonyl (C=O) groups excluding carboxylic acids is 1. The molecule has 0 bridgehead atoms. The summed E-state index contributed by atoms with van der Waals surface area (Å²) in [5.74, 6) is 0.579. The molecule has 1 saturated heterocycles. The van der Waals surface area contributed by atoms with E-state index in [1.807, 2.05) is 23.2 Å². The monoisotopic (exact) mass is 323 g/mol. The van der Waals surface area contributed by atoms with Crippen LogP contribution in [0.25, 0.3) is 5.65 Å². The van der Waals surface area contributed by atoms with Gasteiger partial charge in [-0.1, -0.05) is 0 Å². The summed E-state index contributed by atoms with van der Waals surface area (Å²) in [5.41, 5.74) is 0.735. The summed E-state index contributed by atoms with van der Waals surface area (Å²) >= 11 is 3.42. The Morgan fingerprint density at radius 2 is 2.21 bits per heavy atom. The van der Waals surface area contributed by atoms with Crippen LogP contribution in [0.1, 0.15) is 12.8 Å². The predicted octanol–water partition coefficient (Wildman–Crippen LogP) is 1.53. The van der Waals surface area contributed by atoms with Crippen molar-refractivity contribution in [3.05, 3.63) is 22.8 Å². The van der Waals surface area contributed by atoms with Crippen LogP contribution in [0.5, 0.6) is 0 Å². The molecule has 6 nitrogen and oxygen atoms in total. The van der Waals surface area contributed by atoms with Crippen LogP contribution >= 0.6 is 15.9 Å². The molecule has 0 atom stereocenters. The van der Waals surface area contributed by atoms with E-state index in [4.69, 9.17) is 0 Å². The van der Waals surface area contributed by atoms with Gasteiger partial charge in [-0.3, -0.25) is 4.79 Å². The van der Waals surface area contributed by atoms with Crippen LogP contribution in [0.3, 0.4) is 0 Å². The third kappa shape index (κ3) is 2.56. The zero-order valence-corrected chi connectivity index (χ0v) is 11.9. The van der Waals surface area contributed by atoms with Gasteiger partial charge in [-0.2, -0.15) is 4.98 Å². The first-order valence-electron chi connectivity index (χ1n) is 6.26. The fourth-order valence-corrected chi connectivity index (χ4v) is 2.60. The van der Waals surface area contributed by atoms with Gasteiger partial charge in [0.1, 0.15) is 0 Å². The van der Waals surface area contributed by atoms with Gasteiger partial charge < -0.3 is 10.2 Å². The number of amides is 1. The molecule has 0 saturated carbocycles. The SMILES string of the molecule is O=C(CNc1nc2c(Br)cccn2n1)N1CCCC1. The van der Waals surface area contributed by atoms with Gasteiger partial charge in [0.25, 0.3) is 0 Å². The number of hydrogen-bond acceptors (Lipinski definition) is 4. The van der Waals surface area contributed by atoms with Gasteiger partial charge >= 0.3 is 0 Å². The minimum atomic E-state index is 0.107. The van der Waals surface area contributed by atoms with Crippen LogP contribution < -0.4 is 5.32 Å². The fourth-order valence-electron chi connectivity index (χ4n) is 2.18. The average Bonchev–Trinajstić information content (AvgIpc) is 3.05. The number of rotatable bonds is 3. The Morgan fingerprint density at radius 3 is 2.95 bits per heavy atom. The van der Waals surface area contributed by atoms with E-state index in [2.05, 4.69) is 31.3 Å². The number of anilines is 1. The molecule has 1 aliphatic heterocycles. The maximum absolute atomic E-state index is 11.9. The second-order valence-corrected chi connectivity index (χ2v) is 5.36. The Hall–Kier alpha value is -1.63. The lowest BCUT2D eigenvalue weighted by Crippen LogP contribution is -2.33. The molecule has 1 amide bonds. The lowest BCUT2D eigenvalue weighted by Gasteiger charge is -2.14. The third-order valence-electron chi connectivity index (χ3n) is 3.17. The van der Waals surface area contributed by atoms with Gasteiger partial charge in [-0.25, -0.2) is 4.52 Å². The molecule has 3 rings (SSSR count). The lowest BCUT2D eigenvalue weighted by atomic mass is 10.4. The van der Waals surface area contributed by atoms with E-state index >= 15 is 0 Å². The number of likely N-dealkylation sites (tertiary alicyclic amines) is 1. The van der Waals surface area contributed by atoms with E-state index in [1.165, 1.54) is 0 Å². The van der Waals surface area contributed by atoms with E-state index in [-0.39, 0.29) is 12.5 Å². The molecule has 0 aliphatic carbocycles. The molecular weight excluding hydrogens is 310 g/mol. The average molecular weight is 324 g/mol. The first-order valence-corrected chi connectivity index (χ1v) is 7.06. The van der Waals surface area contributed by atoms with E-state index in [0.29, 0.717) is 5.95 Å². The third-order valence-corrected chi connectivity index (χ3v) is 3.79. The zero-order valence-electron chi connectivity index (χ0n) is 10.3. The Bertz CT molecular complexity index is 605. The molecular formula is C12H14BrN5O. The number of nitrogens with zero attached hydrogens (tertiary/aromatic N) is 4. The van der Waals surface area contributed by atoms with Crippen molar-refractivity contribution < 1.29 is 4.79 Å². The molecule has 3 heterocycles. The number of halogens is 1. The van der Waals surface area contributed by atoms with Gasteiger partial charge in [-0.05, 0) is 40.9 Å². The van der Waals surface area contributed by atoms with Crippen molar-refractivity contribution in [2.75, 3.05) is 25.0 Å². The van der Waals surface area contributed by atoms with E-state index in [9.17, 15) is 4.79 Å². The van der Waals surface area contributed by atoms with Crippen molar-refractivity contribution in [2.24, 2.45) is 0 Å². The van der Waals surface area contributed by atoms with Crippen molar-refractivity contribution in [3.8, 4) is 0 Å². The van der Waals surface area contributed by atoms with Gasteiger partial charge in [0.05, 0.1) is 11.0 Å². The van der Waals surface area contributed by atoms with E-state index in [0.717, 1.165) is 36.1 Å². The number of nitrogens with one attached hydrogen (secondary N) is 1. The van der Waals surface area contributed by atoms with Gasteiger partial charge in [0.2, 0.25) is 11.9 Å². The Balaban J connectivity index is 1.68. The summed E-state index contributed by atoms with van der Waals surface area (Å²) in [7, 11) is 0. The summed E-state index contributed by atoms with van der Waals surface area (Å²) in [6.45, 7) is 1.98. The van der Waals surface area contributed by atoms with E-state index < -0.39 is 0 Å². The standard InChI is InChI=1S/C12H14BrN5O/c13-9-4-3-7-18-11(9)15-12(16-18)14-8-10(19)17-5-1-2-6-17/h3-4,7H,1-2,5-6,8H2,(H,14,16). The molecule has 1 fully saturated rings. The van der Waals surface area contributed by atoms with Crippen molar-refractivity contribution >= 4 is 33.4 Å². The first kappa shape index (κ1) is 12.4. The maximum atomic E-state index is 11.9. The summed E-state index contributed by atoms with van der Waals surface area (Å²) in [4.78, 5) is 18.1. The summed E-state index contributed by atoms with van der Waals surface area (Å²) in [6, 6.07) is 3.79. The minimum Gasteiger partial charge on any atom is -0.344 e. The van der Waals surface area contributed by atoms with Crippen LogP contribution in [-0.4, -0.2) is 45.0 Å². The van der Waals surface area contributed by atoms with Crippen LogP contribution in [0, 0.1) is 0 Å². The molecule has 19 heavy (non-hydrogen) atoms. The molecule has 2 aromatic rings. The second kappa shape index (κ2) is 5.16. The Labute approximate surface area is 118 Å². The molecule has 1 N–H and O–H groups in total. The number of carbonyl (C=O) groups is 1. The highest BCUT2D eigenvalue weighted by Gasteiger charge is 2.17. The summed E-state index contributed by atoms with van der Waals surface area (Å²) < 4.78 is 2.55. The van der Waals surface area contributed by atoms with E-state index in [1.54, 1.807) is 4.52 Å². The fraction of sp³-hybridized carbons (Fsp3) is 0.417. The Morgan fingerprint density at radius 1 is 1.42 bits per heavy atom. The number of pyridine rings is 1. The van der Waals surface area contributed by atoms with Crippen LogP contribution in [-0.2, 0) is 4.79 Å². The predicted molar refractivity (Wildman–Crippen MR) is 75.0 cm³/mol. The normalized spacial score (nSPS) is 15.1. The van der Waals surface area contributed by atoms with Gasteiger partial charge in [0.15, 0.2) is 5.65 Å². The van der Waals surface area contributed by atoms with Crippen LogP contribution in [0.2, 0.25) is 0 Å². The highest BCUT2D eigenvalue weighted by molar-refractivity contribution is 9.10. The lowest BCUT2D eigenvalue weighted by molar-refractivity contribution is -0.128. The number of fused-ring (bicyclic) bond motifs is 1. The molecule has 100 valence electrons. The van der Waals surface area contributed by atoms with Crippen LogP contribution in [0.15, 0.2) is 22.8 Å². The number of aromatic nitrogens is 3. The largest absolute Gasteiger partial charge is 0.344 e. The maximum Gasteiger partial charge on any atom is 0.243 e. The zero-order chi connectivity index (χ0) is 13.2. The van der Waals surface area contributed by atoms with Gasteiger partial charge in [-0.15, -0.1) is 5.10 Å². The number of hydrogen-bond donors (Lipinski definition) is 1. The molecule has 7 heteroatoms. The molecule has 1 aliphatic rings. The highest BCUT2D eigenvalue weighted by atomic mass is 79.9. The summed E-state index contributed by atoms with van der Waals surface area (Å²) in [5, 5.41) is 7.25. The summed E-state index contributed by atoms with van der Waals surface area (Å²) in [6.07, 6.45) is 4.02. The topological polar surface area (TPSA) is 62.5 Å². The van der Waals surface area contributed by atoms with Gasteiger partial charge in [0, 0.05) is 19.3 Å². The molecule has 2 aromatic heterocycles. The second-order valence-electron chi connectivity index (χ2n) is 4.50. The Kier molecular flexibility index (Phi) is 3.37. The first-order chi connectivity index (χ1) is 9.24. The quantitative estimate of drug-likeness (QED) is 0.930. The molecule has 0 radical (unpaired) electrons. The molecule has 0 aromatic carbocycles. The highest BCUT2D eigenvalue weighted by Crippen LogP contribution is 2.16.